The number of rotatable bonds is 3. The Kier molecular flexibility index (Phi) is 4.84. The van der Waals surface area contributed by atoms with Crippen molar-refractivity contribution in [3.8, 4) is 0 Å². The number of aryl methyl sites for hydroxylation is 1. The van der Waals surface area contributed by atoms with Crippen LogP contribution in [0.2, 0.25) is 0 Å². The van der Waals surface area contributed by atoms with Gasteiger partial charge >= 0.3 is 6.18 Å². The number of hydrogen-bond donors (Lipinski definition) is 0. The molecule has 0 bridgehead atoms. The van der Waals surface area contributed by atoms with Gasteiger partial charge in [0.15, 0.2) is 0 Å². The molecule has 2 rings (SSSR count). The maximum Gasteiger partial charge on any atom is 0.416 e. The molecule has 1 saturated heterocycles. The van der Waals surface area contributed by atoms with E-state index >= 15 is 0 Å². The fourth-order valence-electron chi connectivity index (χ4n) is 2.50. The highest BCUT2D eigenvalue weighted by Crippen LogP contribution is 2.33. The number of sulfonamides is 1. The van der Waals surface area contributed by atoms with Gasteiger partial charge in [0.2, 0.25) is 10.0 Å². The predicted molar refractivity (Wildman–Crippen MR) is 75.0 cm³/mol. The first-order valence-corrected chi connectivity index (χ1v) is 8.31. The first-order valence-electron chi connectivity index (χ1n) is 6.87. The molecule has 8 heteroatoms. The normalized spacial score (nSPS) is 18.6. The monoisotopic (exact) mass is 337 g/mol. The minimum Gasteiger partial charge on any atom is -0.381 e. The highest BCUT2D eigenvalue weighted by atomic mass is 32.2. The van der Waals surface area contributed by atoms with Gasteiger partial charge in [-0.15, -0.1) is 0 Å². The summed E-state index contributed by atoms with van der Waals surface area (Å²) in [6.07, 6.45) is -3.50. The number of methoxy groups -OCH3 is 1. The van der Waals surface area contributed by atoms with Crippen LogP contribution in [-0.2, 0) is 20.9 Å². The van der Waals surface area contributed by atoms with E-state index in [-0.39, 0.29) is 24.1 Å². The van der Waals surface area contributed by atoms with Crippen LogP contribution in [0.3, 0.4) is 0 Å². The third-order valence-corrected chi connectivity index (χ3v) is 5.91. The maximum atomic E-state index is 12.8. The van der Waals surface area contributed by atoms with E-state index in [1.807, 2.05) is 0 Å². The van der Waals surface area contributed by atoms with Crippen LogP contribution < -0.4 is 0 Å². The van der Waals surface area contributed by atoms with Gasteiger partial charge in [0.25, 0.3) is 0 Å². The Morgan fingerprint density at radius 2 is 1.82 bits per heavy atom. The molecular formula is C14H18F3NO3S. The summed E-state index contributed by atoms with van der Waals surface area (Å²) in [5, 5.41) is 0. The molecular weight excluding hydrogens is 319 g/mol. The molecule has 0 atom stereocenters. The predicted octanol–water partition coefficient (Wildman–Crippen LogP) is 2.81. The van der Waals surface area contributed by atoms with E-state index in [1.54, 1.807) is 7.11 Å². The molecule has 1 heterocycles. The van der Waals surface area contributed by atoms with Gasteiger partial charge in [-0.05, 0) is 37.5 Å². The Hall–Kier alpha value is -1.12. The van der Waals surface area contributed by atoms with Gasteiger partial charge in [-0.3, -0.25) is 0 Å². The van der Waals surface area contributed by atoms with E-state index in [1.165, 1.54) is 17.3 Å². The highest BCUT2D eigenvalue weighted by molar-refractivity contribution is 7.89. The molecule has 124 valence electrons. The summed E-state index contributed by atoms with van der Waals surface area (Å²) in [6, 6.07) is 2.80. The van der Waals surface area contributed by atoms with Crippen LogP contribution in [0.15, 0.2) is 23.1 Å². The molecule has 1 aromatic carbocycles. The summed E-state index contributed by atoms with van der Waals surface area (Å²) in [6.45, 7) is 1.99. The summed E-state index contributed by atoms with van der Waals surface area (Å²) >= 11 is 0. The molecule has 0 aliphatic carbocycles. The van der Waals surface area contributed by atoms with Crippen LogP contribution in [-0.4, -0.2) is 39.0 Å². The molecule has 0 amide bonds. The SMILES string of the molecule is COC1CCN(S(=O)(=O)c2cc(C(F)(F)F)ccc2C)CC1. The number of halogens is 3. The first kappa shape index (κ1) is 17.2. The minimum atomic E-state index is -4.57. The quantitative estimate of drug-likeness (QED) is 0.852. The van der Waals surface area contributed by atoms with Crippen LogP contribution in [0.1, 0.15) is 24.0 Å². The van der Waals surface area contributed by atoms with E-state index in [4.69, 9.17) is 4.74 Å². The Morgan fingerprint density at radius 1 is 1.23 bits per heavy atom. The Labute approximate surface area is 127 Å². The number of ether oxygens (including phenoxy) is 1. The lowest BCUT2D eigenvalue weighted by atomic mass is 10.1. The second kappa shape index (κ2) is 6.17. The Balaban J connectivity index is 2.34. The van der Waals surface area contributed by atoms with Gasteiger partial charge in [-0.25, -0.2) is 8.42 Å². The Bertz CT molecular complexity index is 635. The van der Waals surface area contributed by atoms with E-state index in [0.29, 0.717) is 24.5 Å². The lowest BCUT2D eigenvalue weighted by molar-refractivity contribution is -0.137. The third-order valence-electron chi connectivity index (χ3n) is 3.87. The highest BCUT2D eigenvalue weighted by Gasteiger charge is 2.35. The lowest BCUT2D eigenvalue weighted by Gasteiger charge is -2.31. The summed E-state index contributed by atoms with van der Waals surface area (Å²) < 4.78 is 70.0. The van der Waals surface area contributed by atoms with Crippen LogP contribution in [0, 0.1) is 6.92 Å². The van der Waals surface area contributed by atoms with Crippen molar-refractivity contribution in [2.24, 2.45) is 0 Å². The second-order valence-corrected chi connectivity index (χ2v) is 7.22. The average Bonchev–Trinajstić information content (AvgIpc) is 2.46. The molecule has 0 aromatic heterocycles. The molecule has 22 heavy (non-hydrogen) atoms. The zero-order valence-electron chi connectivity index (χ0n) is 12.4. The van der Waals surface area contributed by atoms with Crippen molar-refractivity contribution in [2.45, 2.75) is 36.9 Å². The molecule has 4 nitrogen and oxygen atoms in total. The average molecular weight is 337 g/mol. The number of nitrogens with zero attached hydrogens (tertiary/aromatic N) is 1. The van der Waals surface area contributed by atoms with Gasteiger partial charge < -0.3 is 4.74 Å². The zero-order valence-corrected chi connectivity index (χ0v) is 13.2. The van der Waals surface area contributed by atoms with Gasteiger partial charge in [0, 0.05) is 20.2 Å². The van der Waals surface area contributed by atoms with E-state index in [9.17, 15) is 21.6 Å². The molecule has 1 aromatic rings. The van der Waals surface area contributed by atoms with E-state index in [2.05, 4.69) is 0 Å². The largest absolute Gasteiger partial charge is 0.416 e. The van der Waals surface area contributed by atoms with Crippen molar-refractivity contribution in [3.05, 3.63) is 29.3 Å². The van der Waals surface area contributed by atoms with Crippen LogP contribution in [0.5, 0.6) is 0 Å². The number of alkyl halides is 3. The standard InChI is InChI=1S/C14H18F3NO3S/c1-10-3-4-11(14(15,16)17)9-13(10)22(19,20)18-7-5-12(21-2)6-8-18/h3-4,9,12H,5-8H2,1-2H3. The van der Waals surface area contributed by atoms with Crippen molar-refractivity contribution in [1.82, 2.24) is 4.31 Å². The smallest absolute Gasteiger partial charge is 0.381 e. The molecule has 0 spiro atoms. The van der Waals surface area contributed by atoms with Crippen molar-refractivity contribution in [1.29, 1.82) is 0 Å². The van der Waals surface area contributed by atoms with Crippen molar-refractivity contribution in [2.75, 3.05) is 20.2 Å². The summed E-state index contributed by atoms with van der Waals surface area (Å²) in [7, 11) is -2.37. The van der Waals surface area contributed by atoms with Crippen molar-refractivity contribution in [3.63, 3.8) is 0 Å². The molecule has 1 aliphatic heterocycles. The van der Waals surface area contributed by atoms with E-state index < -0.39 is 21.8 Å². The molecule has 0 radical (unpaired) electrons. The number of hydrogen-bond acceptors (Lipinski definition) is 3. The van der Waals surface area contributed by atoms with Crippen LogP contribution in [0.25, 0.3) is 0 Å². The Morgan fingerprint density at radius 3 is 2.32 bits per heavy atom. The molecule has 0 unspecified atom stereocenters. The van der Waals surface area contributed by atoms with E-state index in [0.717, 1.165) is 6.07 Å². The molecule has 1 aliphatic rings. The second-order valence-electron chi connectivity index (χ2n) is 5.32. The molecule has 0 N–H and O–H groups in total. The van der Waals surface area contributed by atoms with Gasteiger partial charge in [0.1, 0.15) is 0 Å². The lowest BCUT2D eigenvalue weighted by Crippen LogP contribution is -2.40. The maximum absolute atomic E-state index is 12.8. The molecule has 0 saturated carbocycles. The topological polar surface area (TPSA) is 46.6 Å². The van der Waals surface area contributed by atoms with Gasteiger partial charge in [0.05, 0.1) is 16.6 Å². The van der Waals surface area contributed by atoms with Crippen LogP contribution in [0.4, 0.5) is 13.2 Å². The summed E-state index contributed by atoms with van der Waals surface area (Å²) in [5.41, 5.74) is -0.648. The van der Waals surface area contributed by atoms with Gasteiger partial charge in [-0.2, -0.15) is 17.5 Å². The fourth-order valence-corrected chi connectivity index (χ4v) is 4.22. The number of benzene rings is 1. The van der Waals surface area contributed by atoms with Crippen molar-refractivity contribution < 1.29 is 26.3 Å². The third kappa shape index (κ3) is 3.44. The minimum absolute atomic E-state index is 0.00550. The van der Waals surface area contributed by atoms with Crippen LogP contribution >= 0.6 is 0 Å². The first-order chi connectivity index (χ1) is 10.2. The molecule has 1 fully saturated rings. The fraction of sp³-hybridized carbons (Fsp3) is 0.571. The number of piperidine rings is 1. The van der Waals surface area contributed by atoms with Gasteiger partial charge in [-0.1, -0.05) is 6.07 Å². The summed E-state index contributed by atoms with van der Waals surface area (Å²) in [4.78, 5) is -0.279. The van der Waals surface area contributed by atoms with Crippen molar-refractivity contribution >= 4 is 10.0 Å². The zero-order chi connectivity index (χ0) is 16.5. The summed E-state index contributed by atoms with van der Waals surface area (Å²) in [5.74, 6) is 0.